The second-order valence-corrected chi connectivity index (χ2v) is 26.3. The summed E-state index contributed by atoms with van der Waals surface area (Å²) in [6.45, 7) is 4.93. The van der Waals surface area contributed by atoms with Gasteiger partial charge in [0.2, 0.25) is 5.91 Å². The van der Waals surface area contributed by atoms with Gasteiger partial charge in [0.25, 0.3) is 0 Å². The summed E-state index contributed by atoms with van der Waals surface area (Å²) in [6.07, 6.45) is 95.3. The van der Waals surface area contributed by atoms with E-state index in [1.165, 1.54) is 347 Å². The SMILES string of the molecule is CCCCCC/C=C\C/C=C\CCCCCCCC(=O)OCCCCCCCCCCCCCCCCCCCCCCCCCCCCCCC(=O)NC(CO)C(O)/C=C/CCCCCCCCCCCCCCCCCCCCCCC. The third kappa shape index (κ3) is 69.2. The van der Waals surface area contributed by atoms with Gasteiger partial charge in [-0.3, -0.25) is 9.59 Å². The fourth-order valence-electron chi connectivity index (χ4n) is 12.1. The van der Waals surface area contributed by atoms with E-state index >= 15 is 0 Å². The van der Waals surface area contributed by atoms with Crippen molar-refractivity contribution < 1.29 is 24.5 Å². The Labute approximate surface area is 525 Å². The molecule has 0 fully saturated rings. The van der Waals surface area contributed by atoms with Crippen molar-refractivity contribution >= 4 is 11.9 Å². The van der Waals surface area contributed by atoms with Crippen molar-refractivity contribution in [2.45, 2.75) is 437 Å². The molecule has 6 heteroatoms. The summed E-state index contributed by atoms with van der Waals surface area (Å²) in [6, 6.07) is -0.627. The van der Waals surface area contributed by atoms with Gasteiger partial charge < -0.3 is 20.3 Å². The number of aliphatic hydroxyl groups excluding tert-OH is 2. The van der Waals surface area contributed by atoms with E-state index in [2.05, 4.69) is 43.5 Å². The second-order valence-electron chi connectivity index (χ2n) is 26.3. The first kappa shape index (κ1) is 82.1. The number of hydrogen-bond donors (Lipinski definition) is 3. The molecule has 0 saturated carbocycles. The predicted molar refractivity (Wildman–Crippen MR) is 370 cm³/mol. The highest BCUT2D eigenvalue weighted by molar-refractivity contribution is 5.76. The molecule has 0 spiro atoms. The molecule has 3 N–H and O–H groups in total. The van der Waals surface area contributed by atoms with E-state index in [9.17, 15) is 19.8 Å². The average Bonchev–Trinajstić information content (AvgIpc) is 3.53. The molecular formula is C78H149NO5. The average molecular weight is 1180 g/mol. The molecule has 0 aromatic heterocycles. The van der Waals surface area contributed by atoms with Crippen LogP contribution in [0.25, 0.3) is 0 Å². The molecule has 2 atom stereocenters. The standard InChI is InChI=1S/C78H149NO5/c1-3-5-7-9-11-13-15-17-19-21-22-23-30-33-36-39-42-46-50-54-58-62-66-70-76(81)75(74-80)79-77(82)71-67-63-59-55-51-47-43-40-37-34-31-28-26-24-25-27-29-32-35-38-41-45-49-53-57-61-65-69-73-84-78(83)72-68-64-60-56-52-48-44-20-18-16-14-12-10-8-6-4-2/h14,16,20,44,66,70,75-76,80-81H,3-13,15,17-19,21-43,45-65,67-69,71-74H2,1-2H3,(H,79,82)/b16-14-,44-20-,70-66+. The normalized spacial score (nSPS) is 12.7. The highest BCUT2D eigenvalue weighted by Crippen LogP contribution is 2.19. The molecule has 0 heterocycles. The Morgan fingerprint density at radius 3 is 0.917 bits per heavy atom. The topological polar surface area (TPSA) is 95.9 Å². The fourth-order valence-corrected chi connectivity index (χ4v) is 12.1. The quantitative estimate of drug-likeness (QED) is 0.0320. The van der Waals surface area contributed by atoms with Crippen LogP contribution >= 0.6 is 0 Å². The summed E-state index contributed by atoms with van der Waals surface area (Å²) in [5, 5.41) is 23.3. The van der Waals surface area contributed by atoms with E-state index in [-0.39, 0.29) is 18.5 Å². The van der Waals surface area contributed by atoms with Crippen molar-refractivity contribution in [2.75, 3.05) is 13.2 Å². The Bertz CT molecular complexity index is 1360. The van der Waals surface area contributed by atoms with Crippen molar-refractivity contribution in [1.29, 1.82) is 0 Å². The minimum Gasteiger partial charge on any atom is -0.466 e. The zero-order valence-electron chi connectivity index (χ0n) is 56.9. The van der Waals surface area contributed by atoms with Crippen LogP contribution in [0.15, 0.2) is 36.5 Å². The fraction of sp³-hybridized carbons (Fsp3) is 0.897. The van der Waals surface area contributed by atoms with Crippen LogP contribution in [0.5, 0.6) is 0 Å². The molecule has 6 nitrogen and oxygen atoms in total. The van der Waals surface area contributed by atoms with Gasteiger partial charge >= 0.3 is 5.97 Å². The molecule has 0 aromatic rings. The molecule has 0 aliphatic heterocycles. The maximum absolute atomic E-state index is 12.5. The lowest BCUT2D eigenvalue weighted by atomic mass is 10.0. The highest BCUT2D eigenvalue weighted by Gasteiger charge is 2.18. The monoisotopic (exact) mass is 1180 g/mol. The summed E-state index contributed by atoms with van der Waals surface area (Å²) < 4.78 is 5.50. The maximum atomic E-state index is 12.5. The number of nitrogens with one attached hydrogen (secondary N) is 1. The van der Waals surface area contributed by atoms with E-state index < -0.39 is 12.1 Å². The van der Waals surface area contributed by atoms with E-state index in [0.717, 1.165) is 51.4 Å². The number of allylic oxidation sites excluding steroid dienone is 5. The molecule has 496 valence electrons. The van der Waals surface area contributed by atoms with Crippen LogP contribution in [0.3, 0.4) is 0 Å². The Morgan fingerprint density at radius 2 is 0.595 bits per heavy atom. The van der Waals surface area contributed by atoms with Crippen molar-refractivity contribution in [2.24, 2.45) is 0 Å². The number of carbonyl (C=O) groups is 2. The summed E-state index contributed by atoms with van der Waals surface area (Å²) >= 11 is 0. The molecule has 0 aliphatic carbocycles. The number of amides is 1. The largest absolute Gasteiger partial charge is 0.466 e. The van der Waals surface area contributed by atoms with Gasteiger partial charge in [0, 0.05) is 12.8 Å². The van der Waals surface area contributed by atoms with Crippen LogP contribution < -0.4 is 5.32 Å². The third-order valence-corrected chi connectivity index (χ3v) is 17.9. The Balaban J connectivity index is 3.38. The van der Waals surface area contributed by atoms with Gasteiger partial charge in [-0.05, 0) is 64.2 Å². The van der Waals surface area contributed by atoms with Crippen LogP contribution in [0, 0.1) is 0 Å². The van der Waals surface area contributed by atoms with Gasteiger partial charge in [0.1, 0.15) is 0 Å². The number of aliphatic hydroxyl groups is 2. The van der Waals surface area contributed by atoms with Gasteiger partial charge in [-0.1, -0.05) is 384 Å². The zero-order chi connectivity index (χ0) is 60.6. The summed E-state index contributed by atoms with van der Waals surface area (Å²) in [5.74, 6) is -0.0547. The number of ether oxygens (including phenoxy) is 1. The van der Waals surface area contributed by atoms with Crippen molar-refractivity contribution in [3.8, 4) is 0 Å². The molecule has 0 aliphatic rings. The Kier molecular flexibility index (Phi) is 71.9. The lowest BCUT2D eigenvalue weighted by molar-refractivity contribution is -0.143. The molecule has 0 bridgehead atoms. The number of carbonyl (C=O) groups excluding carboxylic acids is 2. The number of esters is 1. The molecule has 0 saturated heterocycles. The molecule has 2 unspecified atom stereocenters. The third-order valence-electron chi connectivity index (χ3n) is 17.9. The Hall–Kier alpha value is -1.92. The number of hydrogen-bond acceptors (Lipinski definition) is 5. The van der Waals surface area contributed by atoms with Gasteiger partial charge in [-0.15, -0.1) is 0 Å². The minimum absolute atomic E-state index is 0.00565. The number of unbranched alkanes of at least 4 members (excludes halogenated alkanes) is 57. The van der Waals surface area contributed by atoms with Gasteiger partial charge in [0.05, 0.1) is 25.4 Å². The minimum atomic E-state index is -0.844. The predicted octanol–water partition coefficient (Wildman–Crippen LogP) is 25.0. The van der Waals surface area contributed by atoms with E-state index in [1.807, 2.05) is 6.08 Å². The van der Waals surface area contributed by atoms with Gasteiger partial charge in [-0.2, -0.15) is 0 Å². The van der Waals surface area contributed by atoms with E-state index in [1.54, 1.807) is 6.08 Å². The van der Waals surface area contributed by atoms with Crippen LogP contribution in [-0.4, -0.2) is 47.4 Å². The van der Waals surface area contributed by atoms with Crippen molar-refractivity contribution in [3.05, 3.63) is 36.5 Å². The molecule has 0 rings (SSSR count). The summed E-state index contributed by atoms with van der Waals surface area (Å²) in [5.41, 5.74) is 0. The van der Waals surface area contributed by atoms with Crippen LogP contribution in [-0.2, 0) is 14.3 Å². The van der Waals surface area contributed by atoms with Crippen molar-refractivity contribution in [3.63, 3.8) is 0 Å². The van der Waals surface area contributed by atoms with E-state index in [4.69, 9.17) is 4.74 Å². The van der Waals surface area contributed by atoms with Gasteiger partial charge in [0.15, 0.2) is 0 Å². The van der Waals surface area contributed by atoms with Gasteiger partial charge in [-0.25, -0.2) is 0 Å². The first-order valence-corrected chi connectivity index (χ1v) is 38.3. The first-order chi connectivity index (χ1) is 41.5. The molecular weight excluding hydrogens is 1030 g/mol. The maximum Gasteiger partial charge on any atom is 0.305 e. The Morgan fingerprint density at radius 1 is 0.333 bits per heavy atom. The molecule has 0 aromatic carbocycles. The van der Waals surface area contributed by atoms with Crippen LogP contribution in [0.1, 0.15) is 425 Å². The van der Waals surface area contributed by atoms with Crippen LogP contribution in [0.2, 0.25) is 0 Å². The first-order valence-electron chi connectivity index (χ1n) is 38.3. The second kappa shape index (κ2) is 73.5. The zero-order valence-corrected chi connectivity index (χ0v) is 56.9. The van der Waals surface area contributed by atoms with Crippen LogP contribution in [0.4, 0.5) is 0 Å². The molecule has 0 radical (unpaired) electrons. The van der Waals surface area contributed by atoms with E-state index in [0.29, 0.717) is 19.4 Å². The summed E-state index contributed by atoms with van der Waals surface area (Å²) in [4.78, 5) is 24.6. The smallest absolute Gasteiger partial charge is 0.305 e. The highest BCUT2D eigenvalue weighted by atomic mass is 16.5. The summed E-state index contributed by atoms with van der Waals surface area (Å²) in [7, 11) is 0. The molecule has 1 amide bonds. The molecule has 84 heavy (non-hydrogen) atoms. The number of rotatable bonds is 72. The van der Waals surface area contributed by atoms with Crippen molar-refractivity contribution in [1.82, 2.24) is 5.32 Å². The lowest BCUT2D eigenvalue weighted by Gasteiger charge is -2.20. The lowest BCUT2D eigenvalue weighted by Crippen LogP contribution is -2.45.